The Kier molecular flexibility index (Phi) is 12.3. The van der Waals surface area contributed by atoms with Crippen molar-refractivity contribution in [3.63, 3.8) is 0 Å². The van der Waals surface area contributed by atoms with Gasteiger partial charge in [0.2, 0.25) is 17.7 Å². The molecule has 0 radical (unpaired) electrons. The first-order valence-electron chi connectivity index (χ1n) is 15.5. The Hall–Kier alpha value is -1.88. The molecule has 3 rings (SSSR count). The van der Waals surface area contributed by atoms with Crippen LogP contribution in [0, 0.1) is 23.7 Å². The van der Waals surface area contributed by atoms with E-state index in [1.165, 1.54) is 24.2 Å². The van der Waals surface area contributed by atoms with Gasteiger partial charge in [0.25, 0.3) is 0 Å². The van der Waals surface area contributed by atoms with E-state index < -0.39 is 42.0 Å². The number of hydrogen-bond acceptors (Lipinski definition) is 5. The second-order valence-corrected chi connectivity index (χ2v) is 13.2. The number of likely N-dealkylation sites (tertiary alicyclic amines) is 1. The van der Waals surface area contributed by atoms with Crippen LogP contribution in [-0.2, 0) is 19.1 Å². The minimum absolute atomic E-state index is 0.0404. The molecule has 0 aromatic heterocycles. The molecule has 1 aliphatic heterocycles. The van der Waals surface area contributed by atoms with E-state index in [0.717, 1.165) is 49.8 Å². The maximum absolute atomic E-state index is 13.4. The van der Waals surface area contributed by atoms with Crippen molar-refractivity contribution in [3.05, 3.63) is 0 Å². The van der Waals surface area contributed by atoms with Crippen molar-refractivity contribution >= 4 is 17.7 Å². The zero-order chi connectivity index (χ0) is 30.2. The number of nitrogens with zero attached hydrogens (tertiary/aromatic N) is 2. The lowest BCUT2D eigenvalue weighted by Crippen LogP contribution is -2.57. The van der Waals surface area contributed by atoms with Crippen molar-refractivity contribution in [3.8, 4) is 0 Å². The molecule has 0 aromatic rings. The molecule has 236 valence electrons. The highest BCUT2D eigenvalue weighted by Gasteiger charge is 2.47. The number of nitrogens with one attached hydrogen (secondary N) is 1. The maximum Gasteiger partial charge on any atom is 0.406 e. The summed E-state index contributed by atoms with van der Waals surface area (Å²) in [6.45, 7) is 2.99. The Bertz CT molecular complexity index is 867. The molecule has 3 atom stereocenters. The standard InChI is InChI=1S/C30H51F3N4O4/c1-29(2,34)28(40)35-25(19-41-18-21-11-6-4-7-12-21)27(39)36(3)16-10-15-23-24(22-13-8-5-9-14-22)17-37(26(23)38)20-30(31,32)33/h21-25H,4-20,34H2,1-3H3,(H,35,40)/t23?,24?,25-/m1/s1. The molecule has 3 N–H and O–H groups in total. The third-order valence-electron chi connectivity index (χ3n) is 9.14. The van der Waals surface area contributed by atoms with Gasteiger partial charge in [0.05, 0.1) is 12.1 Å². The number of carbonyl (C=O) groups excluding carboxylic acids is 3. The summed E-state index contributed by atoms with van der Waals surface area (Å²) in [4.78, 5) is 41.6. The Labute approximate surface area is 243 Å². The van der Waals surface area contributed by atoms with Gasteiger partial charge in [-0.15, -0.1) is 0 Å². The van der Waals surface area contributed by atoms with Crippen molar-refractivity contribution < 1.29 is 32.3 Å². The number of amides is 3. The third kappa shape index (κ3) is 10.4. The molecular weight excluding hydrogens is 537 g/mol. The average molecular weight is 589 g/mol. The van der Waals surface area contributed by atoms with Crippen LogP contribution < -0.4 is 11.1 Å². The number of likely N-dealkylation sites (N-methyl/N-ethyl adjacent to an activating group) is 1. The second kappa shape index (κ2) is 15.0. The molecule has 41 heavy (non-hydrogen) atoms. The smallest absolute Gasteiger partial charge is 0.378 e. The largest absolute Gasteiger partial charge is 0.406 e. The molecule has 1 heterocycles. The highest BCUT2D eigenvalue weighted by Crippen LogP contribution is 2.41. The molecule has 8 nitrogen and oxygen atoms in total. The van der Waals surface area contributed by atoms with E-state index in [-0.39, 0.29) is 30.9 Å². The molecule has 3 amide bonds. The van der Waals surface area contributed by atoms with E-state index in [1.807, 2.05) is 0 Å². The van der Waals surface area contributed by atoms with Gasteiger partial charge in [-0.2, -0.15) is 13.2 Å². The summed E-state index contributed by atoms with van der Waals surface area (Å²) in [6, 6.07) is -0.899. The molecule has 2 unspecified atom stereocenters. The lowest BCUT2D eigenvalue weighted by Gasteiger charge is -2.31. The number of carbonyl (C=O) groups is 3. The zero-order valence-electron chi connectivity index (χ0n) is 25.1. The topological polar surface area (TPSA) is 105 Å². The minimum atomic E-state index is -4.43. The molecule has 3 fully saturated rings. The molecule has 1 saturated heterocycles. The Morgan fingerprint density at radius 1 is 1.07 bits per heavy atom. The first-order chi connectivity index (χ1) is 19.3. The predicted octanol–water partition coefficient (Wildman–Crippen LogP) is 4.26. The Morgan fingerprint density at radius 3 is 2.27 bits per heavy atom. The lowest BCUT2D eigenvalue weighted by molar-refractivity contribution is -0.158. The normalized spacial score (nSPS) is 24.0. The van der Waals surface area contributed by atoms with Crippen LogP contribution >= 0.6 is 0 Å². The van der Waals surface area contributed by atoms with Crippen LogP contribution in [0.25, 0.3) is 0 Å². The van der Waals surface area contributed by atoms with E-state index in [2.05, 4.69) is 5.32 Å². The van der Waals surface area contributed by atoms with Gasteiger partial charge in [0, 0.05) is 32.7 Å². The van der Waals surface area contributed by atoms with Crippen molar-refractivity contribution in [2.75, 3.05) is 39.9 Å². The molecule has 0 aromatic carbocycles. The van der Waals surface area contributed by atoms with Crippen molar-refractivity contribution in [1.82, 2.24) is 15.1 Å². The highest BCUT2D eigenvalue weighted by molar-refractivity contribution is 5.91. The van der Waals surface area contributed by atoms with Crippen LogP contribution in [0.3, 0.4) is 0 Å². The summed E-state index contributed by atoms with van der Waals surface area (Å²) < 4.78 is 45.4. The van der Waals surface area contributed by atoms with Crippen LogP contribution in [0.4, 0.5) is 13.2 Å². The van der Waals surface area contributed by atoms with Gasteiger partial charge in [-0.25, -0.2) is 0 Å². The molecule has 0 bridgehead atoms. The monoisotopic (exact) mass is 588 g/mol. The van der Waals surface area contributed by atoms with Crippen molar-refractivity contribution in [2.24, 2.45) is 29.4 Å². The fraction of sp³-hybridized carbons (Fsp3) is 0.900. The maximum atomic E-state index is 13.4. The fourth-order valence-electron chi connectivity index (χ4n) is 6.78. The van der Waals surface area contributed by atoms with E-state index in [1.54, 1.807) is 20.9 Å². The first-order valence-corrected chi connectivity index (χ1v) is 15.5. The van der Waals surface area contributed by atoms with Gasteiger partial charge in [0.15, 0.2) is 0 Å². The van der Waals surface area contributed by atoms with Crippen LogP contribution in [0.5, 0.6) is 0 Å². The number of alkyl halides is 3. The first kappa shape index (κ1) is 33.6. The summed E-state index contributed by atoms with van der Waals surface area (Å²) in [5.41, 5.74) is 4.79. The van der Waals surface area contributed by atoms with Gasteiger partial charge in [0.1, 0.15) is 12.6 Å². The van der Waals surface area contributed by atoms with E-state index in [4.69, 9.17) is 10.5 Å². The molecular formula is C30H51F3N4O4. The molecule has 0 spiro atoms. The molecule has 11 heteroatoms. The van der Waals surface area contributed by atoms with Crippen molar-refractivity contribution in [2.45, 2.75) is 109 Å². The van der Waals surface area contributed by atoms with Crippen LogP contribution in [0.2, 0.25) is 0 Å². The summed E-state index contributed by atoms with van der Waals surface area (Å²) in [5, 5.41) is 2.74. The third-order valence-corrected chi connectivity index (χ3v) is 9.14. The van der Waals surface area contributed by atoms with E-state index in [9.17, 15) is 27.6 Å². The summed E-state index contributed by atoms with van der Waals surface area (Å²) >= 11 is 0. The number of halogens is 3. The van der Waals surface area contributed by atoms with E-state index in [0.29, 0.717) is 31.9 Å². The van der Waals surface area contributed by atoms with Gasteiger partial charge in [-0.05, 0) is 57.3 Å². The van der Waals surface area contributed by atoms with Crippen LogP contribution in [0.1, 0.15) is 90.9 Å². The molecule has 2 saturated carbocycles. The molecule has 2 aliphatic carbocycles. The number of nitrogens with two attached hydrogens (primary N) is 1. The van der Waals surface area contributed by atoms with E-state index >= 15 is 0 Å². The highest BCUT2D eigenvalue weighted by atomic mass is 19.4. The van der Waals surface area contributed by atoms with Gasteiger partial charge >= 0.3 is 6.18 Å². The SMILES string of the molecule is CN(CCCC1C(=O)N(CC(F)(F)F)CC1C1CCCCC1)C(=O)[C@@H](COCC1CCCCC1)NC(=O)C(C)(C)N. The summed E-state index contributed by atoms with van der Waals surface area (Å²) in [7, 11) is 1.64. The Balaban J connectivity index is 1.58. The predicted molar refractivity (Wildman–Crippen MR) is 151 cm³/mol. The van der Waals surface area contributed by atoms with Crippen LogP contribution in [-0.4, -0.2) is 85.2 Å². The number of hydrogen-bond donors (Lipinski definition) is 2. The van der Waals surface area contributed by atoms with Crippen molar-refractivity contribution in [1.29, 1.82) is 0 Å². The average Bonchev–Trinajstić information content (AvgIpc) is 3.21. The summed E-state index contributed by atoms with van der Waals surface area (Å²) in [5.74, 6) is -1.02. The quantitative estimate of drug-likeness (QED) is 0.335. The second-order valence-electron chi connectivity index (χ2n) is 13.2. The van der Waals surface area contributed by atoms with Crippen LogP contribution in [0.15, 0.2) is 0 Å². The van der Waals surface area contributed by atoms with Gasteiger partial charge in [-0.3, -0.25) is 14.4 Å². The lowest BCUT2D eigenvalue weighted by atomic mass is 9.74. The fourth-order valence-corrected chi connectivity index (χ4v) is 6.78. The number of rotatable bonds is 13. The van der Waals surface area contributed by atoms with Gasteiger partial charge in [-0.1, -0.05) is 51.4 Å². The molecule has 3 aliphatic rings. The summed E-state index contributed by atoms with van der Waals surface area (Å²) in [6.07, 6.45) is 7.40. The minimum Gasteiger partial charge on any atom is -0.378 e. The number of ether oxygens (including phenoxy) is 1. The Morgan fingerprint density at radius 2 is 1.68 bits per heavy atom. The zero-order valence-corrected chi connectivity index (χ0v) is 25.1. The van der Waals surface area contributed by atoms with Gasteiger partial charge < -0.3 is 25.6 Å².